The smallest absolute Gasteiger partial charge is 0.150 e. The molecule has 1 aromatic rings. The van der Waals surface area contributed by atoms with Crippen LogP contribution in [0.4, 0.5) is 5.82 Å². The van der Waals surface area contributed by atoms with Crippen LogP contribution >= 0.6 is 34.8 Å². The number of rotatable bonds is 3. The summed E-state index contributed by atoms with van der Waals surface area (Å²) in [6, 6.07) is 1.57. The molecule has 1 aromatic heterocycles. The zero-order valence-corrected chi connectivity index (χ0v) is 12.1. The summed E-state index contributed by atoms with van der Waals surface area (Å²) in [6.45, 7) is 0.645. The Hall–Kier alpha value is -0.220. The molecule has 100 valence electrons. The average molecular weight is 310 g/mol. The molecule has 6 heteroatoms. The topological polar surface area (TPSA) is 45.1 Å². The molecule has 2 atom stereocenters. The predicted molar refractivity (Wildman–Crippen MR) is 75.7 cm³/mol. The van der Waals surface area contributed by atoms with Crippen LogP contribution in [-0.4, -0.2) is 22.7 Å². The van der Waals surface area contributed by atoms with Gasteiger partial charge in [-0.25, -0.2) is 4.98 Å². The highest BCUT2D eigenvalue weighted by molar-refractivity contribution is 6.42. The van der Waals surface area contributed by atoms with E-state index in [1.54, 1.807) is 6.07 Å². The van der Waals surface area contributed by atoms with Gasteiger partial charge in [0.1, 0.15) is 11.0 Å². The Kier molecular flexibility index (Phi) is 4.96. The Labute approximate surface area is 121 Å². The molecule has 0 radical (unpaired) electrons. The summed E-state index contributed by atoms with van der Waals surface area (Å²) in [5.74, 6) is 0.759. The van der Waals surface area contributed by atoms with E-state index < -0.39 is 0 Å². The second-order valence-corrected chi connectivity index (χ2v) is 5.76. The summed E-state index contributed by atoms with van der Waals surface area (Å²) >= 11 is 17.7. The van der Waals surface area contributed by atoms with Gasteiger partial charge in [0, 0.05) is 12.5 Å². The standard InChI is InChI=1S/C12H15Cl3N2O/c13-8-5-9(14)12(17-11(8)15)16-6-7-3-1-2-4-10(7)18/h5,7,10,18H,1-4,6H2,(H,16,17). The van der Waals surface area contributed by atoms with E-state index in [0.717, 1.165) is 25.7 Å². The molecule has 0 aromatic carbocycles. The molecule has 2 rings (SSSR count). The zero-order valence-electron chi connectivity index (χ0n) is 9.80. The van der Waals surface area contributed by atoms with Gasteiger partial charge in [-0.1, -0.05) is 47.6 Å². The Morgan fingerprint density at radius 2 is 1.94 bits per heavy atom. The fourth-order valence-electron chi connectivity index (χ4n) is 2.22. The average Bonchev–Trinajstić information content (AvgIpc) is 2.34. The number of pyridine rings is 1. The van der Waals surface area contributed by atoms with E-state index in [9.17, 15) is 5.11 Å². The Morgan fingerprint density at radius 3 is 2.67 bits per heavy atom. The van der Waals surface area contributed by atoms with Gasteiger partial charge in [-0.3, -0.25) is 0 Å². The molecule has 0 aliphatic heterocycles. The van der Waals surface area contributed by atoms with Gasteiger partial charge in [0.05, 0.1) is 16.1 Å². The molecule has 2 unspecified atom stereocenters. The van der Waals surface area contributed by atoms with Gasteiger partial charge in [0.25, 0.3) is 0 Å². The van der Waals surface area contributed by atoms with Gasteiger partial charge in [0.2, 0.25) is 0 Å². The van der Waals surface area contributed by atoms with Crippen LogP contribution in [0.15, 0.2) is 6.07 Å². The number of aliphatic hydroxyl groups is 1. The lowest BCUT2D eigenvalue weighted by atomic mass is 9.86. The number of halogens is 3. The zero-order chi connectivity index (χ0) is 13.1. The third-order valence-corrected chi connectivity index (χ3v) is 4.25. The molecule has 1 aliphatic carbocycles. The lowest BCUT2D eigenvalue weighted by Gasteiger charge is -2.27. The summed E-state index contributed by atoms with van der Waals surface area (Å²) in [4.78, 5) is 4.09. The number of anilines is 1. The summed E-state index contributed by atoms with van der Waals surface area (Å²) < 4.78 is 0. The van der Waals surface area contributed by atoms with Crippen molar-refractivity contribution in [3.8, 4) is 0 Å². The molecule has 3 nitrogen and oxygen atoms in total. The lowest BCUT2D eigenvalue weighted by Crippen LogP contribution is -2.30. The minimum absolute atomic E-state index is 0.229. The van der Waals surface area contributed by atoms with E-state index in [0.29, 0.717) is 22.4 Å². The minimum Gasteiger partial charge on any atom is -0.393 e. The first kappa shape index (κ1) is 14.2. The first-order valence-electron chi connectivity index (χ1n) is 6.01. The first-order valence-corrected chi connectivity index (χ1v) is 7.15. The van der Waals surface area contributed by atoms with Crippen LogP contribution in [0.1, 0.15) is 25.7 Å². The van der Waals surface area contributed by atoms with Crippen molar-refractivity contribution in [1.82, 2.24) is 4.98 Å². The van der Waals surface area contributed by atoms with Crippen LogP contribution in [0.25, 0.3) is 0 Å². The quantitative estimate of drug-likeness (QED) is 0.829. The third kappa shape index (κ3) is 3.41. The van der Waals surface area contributed by atoms with Gasteiger partial charge >= 0.3 is 0 Å². The van der Waals surface area contributed by atoms with Crippen molar-refractivity contribution < 1.29 is 5.11 Å². The van der Waals surface area contributed by atoms with Crippen molar-refractivity contribution in [2.45, 2.75) is 31.8 Å². The molecule has 1 saturated carbocycles. The van der Waals surface area contributed by atoms with Gasteiger partial charge in [-0.05, 0) is 18.9 Å². The Bertz CT molecular complexity index is 428. The number of hydrogen-bond acceptors (Lipinski definition) is 3. The van der Waals surface area contributed by atoms with Crippen molar-refractivity contribution >= 4 is 40.6 Å². The number of nitrogens with one attached hydrogen (secondary N) is 1. The largest absolute Gasteiger partial charge is 0.393 e. The SMILES string of the molecule is OC1CCCCC1CNc1nc(Cl)c(Cl)cc1Cl. The highest BCUT2D eigenvalue weighted by Gasteiger charge is 2.23. The number of aromatic nitrogens is 1. The maximum Gasteiger partial charge on any atom is 0.150 e. The fraction of sp³-hybridized carbons (Fsp3) is 0.583. The third-order valence-electron chi connectivity index (χ3n) is 3.29. The second-order valence-electron chi connectivity index (χ2n) is 4.58. The van der Waals surface area contributed by atoms with Crippen molar-refractivity contribution in [3.05, 3.63) is 21.3 Å². The van der Waals surface area contributed by atoms with Crippen LogP contribution in [-0.2, 0) is 0 Å². The maximum absolute atomic E-state index is 9.87. The fourth-order valence-corrected chi connectivity index (χ4v) is 2.79. The van der Waals surface area contributed by atoms with Crippen molar-refractivity contribution in [2.75, 3.05) is 11.9 Å². The number of hydrogen-bond donors (Lipinski definition) is 2. The van der Waals surface area contributed by atoms with E-state index in [1.807, 2.05) is 0 Å². The number of aliphatic hydroxyl groups excluding tert-OH is 1. The van der Waals surface area contributed by atoms with E-state index in [2.05, 4.69) is 10.3 Å². The summed E-state index contributed by atoms with van der Waals surface area (Å²) in [5, 5.41) is 14.0. The highest BCUT2D eigenvalue weighted by atomic mass is 35.5. The van der Waals surface area contributed by atoms with Gasteiger partial charge < -0.3 is 10.4 Å². The molecule has 0 bridgehead atoms. The normalized spacial score (nSPS) is 24.0. The van der Waals surface area contributed by atoms with Crippen LogP contribution < -0.4 is 5.32 Å². The molecule has 1 fully saturated rings. The Balaban J connectivity index is 1.99. The van der Waals surface area contributed by atoms with Gasteiger partial charge in [0.15, 0.2) is 0 Å². The summed E-state index contributed by atoms with van der Waals surface area (Å²) in [5.41, 5.74) is 0. The van der Waals surface area contributed by atoms with Crippen molar-refractivity contribution in [1.29, 1.82) is 0 Å². The van der Waals surface area contributed by atoms with Crippen LogP contribution in [0.2, 0.25) is 15.2 Å². The number of nitrogens with zero attached hydrogens (tertiary/aromatic N) is 1. The Morgan fingerprint density at radius 1 is 1.22 bits per heavy atom. The molecule has 2 N–H and O–H groups in total. The molecule has 0 spiro atoms. The van der Waals surface area contributed by atoms with Crippen LogP contribution in [0.3, 0.4) is 0 Å². The van der Waals surface area contributed by atoms with Crippen molar-refractivity contribution in [3.63, 3.8) is 0 Å². The summed E-state index contributed by atoms with van der Waals surface area (Å²) in [7, 11) is 0. The predicted octanol–water partition coefficient (Wildman–Crippen LogP) is 4.00. The molecule has 0 amide bonds. The monoisotopic (exact) mass is 308 g/mol. The lowest BCUT2D eigenvalue weighted by molar-refractivity contribution is 0.0763. The highest BCUT2D eigenvalue weighted by Crippen LogP contribution is 2.30. The molecule has 1 aliphatic rings. The van der Waals surface area contributed by atoms with Crippen LogP contribution in [0, 0.1) is 5.92 Å². The molecule has 18 heavy (non-hydrogen) atoms. The minimum atomic E-state index is -0.243. The van der Waals surface area contributed by atoms with Gasteiger partial charge in [-0.2, -0.15) is 0 Å². The van der Waals surface area contributed by atoms with Crippen LogP contribution in [0.5, 0.6) is 0 Å². The molecular weight excluding hydrogens is 295 g/mol. The molecule has 0 saturated heterocycles. The van der Waals surface area contributed by atoms with E-state index in [-0.39, 0.29) is 17.2 Å². The maximum atomic E-state index is 9.87. The van der Waals surface area contributed by atoms with Crippen molar-refractivity contribution in [2.24, 2.45) is 5.92 Å². The first-order chi connectivity index (χ1) is 8.58. The molecular formula is C12H15Cl3N2O. The molecule has 1 heterocycles. The van der Waals surface area contributed by atoms with E-state index >= 15 is 0 Å². The summed E-state index contributed by atoms with van der Waals surface area (Å²) in [6.07, 6.45) is 3.91. The second kappa shape index (κ2) is 6.29. The van der Waals surface area contributed by atoms with Gasteiger partial charge in [-0.15, -0.1) is 0 Å². The van der Waals surface area contributed by atoms with E-state index in [1.165, 1.54) is 0 Å². The van der Waals surface area contributed by atoms with E-state index in [4.69, 9.17) is 34.8 Å².